The average molecular weight is 419 g/mol. The van der Waals surface area contributed by atoms with Gasteiger partial charge >= 0.3 is 11.9 Å². The van der Waals surface area contributed by atoms with E-state index in [1.54, 1.807) is 0 Å². The average Bonchev–Trinajstić information content (AvgIpc) is 3.50. The largest absolute Gasteiger partial charge is 0.481 e. The second-order valence-electron chi connectivity index (χ2n) is 7.66. The molecule has 0 heterocycles. The minimum Gasteiger partial charge on any atom is -0.481 e. The van der Waals surface area contributed by atoms with Crippen LogP contribution in [0.3, 0.4) is 0 Å². The highest BCUT2D eigenvalue weighted by Gasteiger charge is 2.31. The number of nitrogens with one attached hydrogen (secondary N) is 2. The highest BCUT2D eigenvalue weighted by molar-refractivity contribution is 5.93. The summed E-state index contributed by atoms with van der Waals surface area (Å²) in [6.45, 7) is 4.32. The van der Waals surface area contributed by atoms with Gasteiger partial charge in [0.1, 0.15) is 6.04 Å². The fraction of sp³-hybridized carbons (Fsp3) is 0.524. The second kappa shape index (κ2) is 10.7. The summed E-state index contributed by atoms with van der Waals surface area (Å²) in [4.78, 5) is 48.5. The molecular weight excluding hydrogens is 390 g/mol. The Morgan fingerprint density at radius 1 is 1.07 bits per heavy atom. The maximum Gasteiger partial charge on any atom is 0.326 e. The van der Waals surface area contributed by atoms with E-state index < -0.39 is 23.9 Å². The molecule has 1 atom stereocenters. The molecule has 1 aliphatic carbocycles. The maximum atomic E-state index is 12.5. The van der Waals surface area contributed by atoms with E-state index in [1.165, 1.54) is 0 Å². The zero-order valence-corrected chi connectivity index (χ0v) is 17.3. The van der Waals surface area contributed by atoms with Gasteiger partial charge in [0.25, 0.3) is 0 Å². The molecule has 0 spiro atoms. The van der Waals surface area contributed by atoms with Crippen LogP contribution < -0.4 is 10.6 Å². The van der Waals surface area contributed by atoms with Crippen molar-refractivity contribution >= 4 is 29.4 Å². The highest BCUT2D eigenvalue weighted by Crippen LogP contribution is 2.27. The molecule has 2 rings (SSSR count). The lowest BCUT2D eigenvalue weighted by atomic mass is 10.1. The zero-order chi connectivity index (χ0) is 22.3. The molecule has 1 fully saturated rings. The third-order valence-electron chi connectivity index (χ3n) is 5.06. The van der Waals surface area contributed by atoms with Gasteiger partial charge in [0, 0.05) is 31.1 Å². The topological polar surface area (TPSA) is 136 Å². The molecule has 2 amide bonds. The first kappa shape index (κ1) is 23.3. The van der Waals surface area contributed by atoms with E-state index in [0.29, 0.717) is 6.54 Å². The van der Waals surface area contributed by atoms with Gasteiger partial charge in [0.15, 0.2) is 0 Å². The summed E-state index contributed by atoms with van der Waals surface area (Å²) in [6, 6.07) is 4.78. The zero-order valence-electron chi connectivity index (χ0n) is 17.3. The summed E-state index contributed by atoms with van der Waals surface area (Å²) in [5.74, 6) is -3.03. The monoisotopic (exact) mass is 419 g/mol. The highest BCUT2D eigenvalue weighted by atomic mass is 16.4. The number of benzene rings is 1. The summed E-state index contributed by atoms with van der Waals surface area (Å²) in [6.07, 6.45) is 1.41. The number of nitrogens with zero attached hydrogens (tertiary/aromatic N) is 1. The van der Waals surface area contributed by atoms with E-state index in [9.17, 15) is 19.2 Å². The maximum absolute atomic E-state index is 12.5. The number of hydrogen-bond acceptors (Lipinski definition) is 5. The first-order valence-corrected chi connectivity index (χ1v) is 10.0. The van der Waals surface area contributed by atoms with Crippen molar-refractivity contribution in [1.29, 1.82) is 0 Å². The Morgan fingerprint density at radius 2 is 1.70 bits per heavy atom. The van der Waals surface area contributed by atoms with Crippen molar-refractivity contribution in [2.24, 2.45) is 0 Å². The third-order valence-corrected chi connectivity index (χ3v) is 5.06. The number of carboxylic acids is 2. The SMILES string of the molecule is Cc1cccc(C)c1NC(=O)CN(CCC(=O)NC(CCC(=O)O)C(=O)O)C1CC1. The Balaban J connectivity index is 1.86. The van der Waals surface area contributed by atoms with Gasteiger partial charge < -0.3 is 20.8 Å². The molecule has 30 heavy (non-hydrogen) atoms. The van der Waals surface area contributed by atoms with E-state index in [2.05, 4.69) is 10.6 Å². The summed E-state index contributed by atoms with van der Waals surface area (Å²) in [5.41, 5.74) is 2.74. The molecule has 1 saturated carbocycles. The summed E-state index contributed by atoms with van der Waals surface area (Å²) < 4.78 is 0. The van der Waals surface area contributed by atoms with Crippen LogP contribution in [-0.2, 0) is 19.2 Å². The number of hydrogen-bond donors (Lipinski definition) is 4. The van der Waals surface area contributed by atoms with Gasteiger partial charge in [-0.05, 0) is 44.2 Å². The molecule has 9 nitrogen and oxygen atoms in total. The molecule has 0 radical (unpaired) electrons. The van der Waals surface area contributed by atoms with Crippen molar-refractivity contribution in [3.63, 3.8) is 0 Å². The van der Waals surface area contributed by atoms with E-state index in [0.717, 1.165) is 29.7 Å². The lowest BCUT2D eigenvalue weighted by Crippen LogP contribution is -2.43. The number of carboxylic acid groups (broad SMARTS) is 2. The number of carbonyl (C=O) groups is 4. The van der Waals surface area contributed by atoms with E-state index >= 15 is 0 Å². The molecule has 1 unspecified atom stereocenters. The summed E-state index contributed by atoms with van der Waals surface area (Å²) >= 11 is 0. The molecule has 0 aliphatic heterocycles. The van der Waals surface area contributed by atoms with Gasteiger partial charge in [-0.3, -0.25) is 19.3 Å². The van der Waals surface area contributed by atoms with Gasteiger partial charge in [-0.1, -0.05) is 18.2 Å². The van der Waals surface area contributed by atoms with Crippen LogP contribution >= 0.6 is 0 Å². The predicted molar refractivity (Wildman–Crippen MR) is 110 cm³/mol. The number of rotatable bonds is 12. The van der Waals surface area contributed by atoms with Gasteiger partial charge in [-0.2, -0.15) is 0 Å². The first-order valence-electron chi connectivity index (χ1n) is 10.0. The second-order valence-corrected chi connectivity index (χ2v) is 7.66. The predicted octanol–water partition coefficient (Wildman–Crippen LogP) is 1.53. The lowest BCUT2D eigenvalue weighted by Gasteiger charge is -2.22. The molecule has 1 aromatic rings. The molecule has 0 aromatic heterocycles. The molecule has 9 heteroatoms. The van der Waals surface area contributed by atoms with Crippen LogP contribution in [0.5, 0.6) is 0 Å². The number of carbonyl (C=O) groups excluding carboxylic acids is 2. The van der Waals surface area contributed by atoms with Gasteiger partial charge in [0.05, 0.1) is 6.54 Å². The summed E-state index contributed by atoms with van der Waals surface area (Å²) in [7, 11) is 0. The number of para-hydroxylation sites is 1. The van der Waals surface area contributed by atoms with Crippen LogP contribution in [0.1, 0.15) is 43.2 Å². The Bertz CT molecular complexity index is 786. The summed E-state index contributed by atoms with van der Waals surface area (Å²) in [5, 5.41) is 23.1. The van der Waals surface area contributed by atoms with Crippen molar-refractivity contribution in [2.75, 3.05) is 18.4 Å². The smallest absolute Gasteiger partial charge is 0.326 e. The van der Waals surface area contributed by atoms with Crippen molar-refractivity contribution in [3.05, 3.63) is 29.3 Å². The number of aryl methyl sites for hydroxylation is 2. The standard InChI is InChI=1S/C21H29N3O6/c1-13-4-3-5-14(2)20(13)23-18(26)12-24(15-6-7-15)11-10-17(25)22-16(21(29)30)8-9-19(27)28/h3-5,15-16H,6-12H2,1-2H3,(H,22,25)(H,23,26)(H,27,28)(H,29,30). The number of aliphatic carboxylic acids is 2. The van der Waals surface area contributed by atoms with E-state index in [4.69, 9.17) is 10.2 Å². The molecule has 1 aromatic carbocycles. The van der Waals surface area contributed by atoms with Crippen LogP contribution in [0.25, 0.3) is 0 Å². The fourth-order valence-corrected chi connectivity index (χ4v) is 3.24. The van der Waals surface area contributed by atoms with Crippen LogP contribution in [-0.4, -0.2) is 64.0 Å². The number of amides is 2. The quantitative estimate of drug-likeness (QED) is 0.403. The minimum atomic E-state index is -1.27. The molecule has 4 N–H and O–H groups in total. The first-order chi connectivity index (χ1) is 14.2. The van der Waals surface area contributed by atoms with E-state index in [1.807, 2.05) is 36.9 Å². The normalized spacial score (nSPS) is 14.2. The minimum absolute atomic E-state index is 0.0318. The molecule has 1 aliphatic rings. The van der Waals surface area contributed by atoms with Crippen LogP contribution in [0.2, 0.25) is 0 Å². The van der Waals surface area contributed by atoms with Crippen LogP contribution in [0, 0.1) is 13.8 Å². The van der Waals surface area contributed by atoms with Gasteiger partial charge in [0.2, 0.25) is 11.8 Å². The lowest BCUT2D eigenvalue weighted by molar-refractivity contribution is -0.143. The Morgan fingerprint density at radius 3 is 2.23 bits per heavy atom. The van der Waals surface area contributed by atoms with Crippen LogP contribution in [0.15, 0.2) is 18.2 Å². The van der Waals surface area contributed by atoms with Crippen molar-refractivity contribution in [1.82, 2.24) is 10.2 Å². The molecular formula is C21H29N3O6. The Kier molecular flexibility index (Phi) is 8.35. The van der Waals surface area contributed by atoms with Crippen molar-refractivity contribution in [2.45, 2.75) is 58.0 Å². The third kappa shape index (κ3) is 7.47. The number of anilines is 1. The Labute approximate surface area is 175 Å². The molecule has 0 bridgehead atoms. The van der Waals surface area contributed by atoms with Gasteiger partial charge in [-0.25, -0.2) is 4.79 Å². The van der Waals surface area contributed by atoms with Crippen molar-refractivity contribution < 1.29 is 29.4 Å². The van der Waals surface area contributed by atoms with Crippen molar-refractivity contribution in [3.8, 4) is 0 Å². The van der Waals surface area contributed by atoms with Gasteiger partial charge in [-0.15, -0.1) is 0 Å². The molecule has 0 saturated heterocycles. The van der Waals surface area contributed by atoms with E-state index in [-0.39, 0.29) is 37.8 Å². The molecule has 164 valence electrons. The fourth-order valence-electron chi connectivity index (χ4n) is 3.24. The van der Waals surface area contributed by atoms with Crippen LogP contribution in [0.4, 0.5) is 5.69 Å². The Hall–Kier alpha value is -2.94.